The van der Waals surface area contributed by atoms with Gasteiger partial charge in [-0.15, -0.1) is 0 Å². The first-order chi connectivity index (χ1) is 9.11. The van der Waals surface area contributed by atoms with Crippen LogP contribution in [0.3, 0.4) is 0 Å². The molecule has 2 N–H and O–H groups in total. The van der Waals surface area contributed by atoms with Crippen molar-refractivity contribution in [2.45, 2.75) is 33.2 Å². The quantitative estimate of drug-likeness (QED) is 0.630. The molecular formula is C14H29N3O2. The first kappa shape index (κ1) is 16.4. The summed E-state index contributed by atoms with van der Waals surface area (Å²) in [5.74, 6) is 0.775. The van der Waals surface area contributed by atoms with Crippen molar-refractivity contribution >= 4 is 5.91 Å². The van der Waals surface area contributed by atoms with E-state index < -0.39 is 0 Å². The molecule has 112 valence electrons. The van der Waals surface area contributed by atoms with E-state index in [1.807, 2.05) is 6.92 Å². The van der Waals surface area contributed by atoms with E-state index in [2.05, 4.69) is 29.4 Å². The summed E-state index contributed by atoms with van der Waals surface area (Å²) in [4.78, 5) is 14.2. The van der Waals surface area contributed by atoms with Crippen molar-refractivity contribution < 1.29 is 9.53 Å². The Morgan fingerprint density at radius 2 is 1.95 bits per heavy atom. The summed E-state index contributed by atoms with van der Waals surface area (Å²) in [6, 6.07) is -0.0437. The molecule has 1 saturated heterocycles. The summed E-state index contributed by atoms with van der Waals surface area (Å²) in [7, 11) is 0. The molecule has 5 nitrogen and oxygen atoms in total. The highest BCUT2D eigenvalue weighted by Gasteiger charge is 2.21. The molecule has 1 heterocycles. The minimum Gasteiger partial charge on any atom is -0.380 e. The summed E-state index contributed by atoms with van der Waals surface area (Å²) in [5.41, 5.74) is 0. The molecule has 0 aromatic rings. The van der Waals surface area contributed by atoms with E-state index in [-0.39, 0.29) is 11.9 Å². The number of rotatable bonds is 8. The van der Waals surface area contributed by atoms with Gasteiger partial charge in [-0.05, 0) is 19.3 Å². The zero-order valence-electron chi connectivity index (χ0n) is 12.6. The van der Waals surface area contributed by atoms with Crippen molar-refractivity contribution in [1.82, 2.24) is 15.5 Å². The normalized spacial score (nSPS) is 18.5. The summed E-state index contributed by atoms with van der Waals surface area (Å²) >= 11 is 0. The maximum atomic E-state index is 12.0. The van der Waals surface area contributed by atoms with E-state index in [9.17, 15) is 4.79 Å². The van der Waals surface area contributed by atoms with E-state index in [0.717, 1.165) is 39.2 Å². The van der Waals surface area contributed by atoms with Crippen LogP contribution in [0, 0.1) is 5.92 Å². The second kappa shape index (κ2) is 9.28. The minimum atomic E-state index is -0.0437. The summed E-state index contributed by atoms with van der Waals surface area (Å²) in [5, 5.41) is 6.23. The van der Waals surface area contributed by atoms with Gasteiger partial charge in [-0.2, -0.15) is 0 Å². The number of nitrogens with zero attached hydrogens (tertiary/aromatic N) is 1. The Morgan fingerprint density at radius 1 is 1.26 bits per heavy atom. The number of piperazine rings is 1. The van der Waals surface area contributed by atoms with Crippen molar-refractivity contribution in [3.63, 3.8) is 0 Å². The predicted molar refractivity (Wildman–Crippen MR) is 77.2 cm³/mol. The number of carbonyl (C=O) groups is 1. The van der Waals surface area contributed by atoms with Gasteiger partial charge in [0.1, 0.15) is 0 Å². The van der Waals surface area contributed by atoms with Gasteiger partial charge in [-0.25, -0.2) is 0 Å². The first-order valence-electron chi connectivity index (χ1n) is 7.41. The topological polar surface area (TPSA) is 53.6 Å². The number of ether oxygens (including phenoxy) is 1. The molecule has 5 heteroatoms. The molecule has 0 bridgehead atoms. The summed E-state index contributed by atoms with van der Waals surface area (Å²) in [6.07, 6.45) is 1.07. The van der Waals surface area contributed by atoms with E-state index in [1.165, 1.54) is 0 Å². The lowest BCUT2D eigenvalue weighted by atomic mass is 10.1. The highest BCUT2D eigenvalue weighted by molar-refractivity contribution is 5.81. The molecule has 1 amide bonds. The zero-order valence-corrected chi connectivity index (χ0v) is 12.6. The molecule has 0 aliphatic carbocycles. The van der Waals surface area contributed by atoms with E-state index in [0.29, 0.717) is 19.1 Å². The van der Waals surface area contributed by atoms with Gasteiger partial charge in [-0.3, -0.25) is 9.69 Å². The molecule has 0 spiro atoms. The third-order valence-corrected chi connectivity index (χ3v) is 3.46. The highest BCUT2D eigenvalue weighted by atomic mass is 16.5. The molecule has 1 aliphatic heterocycles. The van der Waals surface area contributed by atoms with Crippen LogP contribution in [0.15, 0.2) is 0 Å². The van der Waals surface area contributed by atoms with Gasteiger partial charge < -0.3 is 15.4 Å². The third kappa shape index (κ3) is 6.89. The van der Waals surface area contributed by atoms with Crippen molar-refractivity contribution in [2.75, 3.05) is 45.9 Å². The van der Waals surface area contributed by atoms with Gasteiger partial charge in [-0.1, -0.05) is 13.8 Å². The van der Waals surface area contributed by atoms with Crippen molar-refractivity contribution in [2.24, 2.45) is 5.92 Å². The molecule has 19 heavy (non-hydrogen) atoms. The largest absolute Gasteiger partial charge is 0.380 e. The van der Waals surface area contributed by atoms with Crippen LogP contribution in [0.4, 0.5) is 0 Å². The van der Waals surface area contributed by atoms with Gasteiger partial charge in [0, 0.05) is 39.3 Å². The van der Waals surface area contributed by atoms with Crippen molar-refractivity contribution in [3.8, 4) is 0 Å². The Balaban J connectivity index is 2.06. The number of nitrogens with one attached hydrogen (secondary N) is 2. The van der Waals surface area contributed by atoms with Crippen LogP contribution in [0.5, 0.6) is 0 Å². The number of carbonyl (C=O) groups excluding carboxylic acids is 1. The average molecular weight is 271 g/mol. The molecule has 0 radical (unpaired) electrons. The molecule has 0 saturated carbocycles. The number of amides is 1. The lowest BCUT2D eigenvalue weighted by Crippen LogP contribution is -2.53. The molecule has 1 aliphatic rings. The first-order valence-corrected chi connectivity index (χ1v) is 7.41. The summed E-state index contributed by atoms with van der Waals surface area (Å²) in [6.45, 7) is 12.1. The van der Waals surface area contributed by atoms with Crippen molar-refractivity contribution in [3.05, 3.63) is 0 Å². The zero-order chi connectivity index (χ0) is 14.1. The lowest BCUT2D eigenvalue weighted by Gasteiger charge is -2.31. The maximum Gasteiger partial charge on any atom is 0.237 e. The Bertz CT molecular complexity index is 253. The molecule has 1 rings (SSSR count). The second-order valence-electron chi connectivity index (χ2n) is 5.55. The van der Waals surface area contributed by atoms with Gasteiger partial charge in [0.15, 0.2) is 0 Å². The molecular weight excluding hydrogens is 242 g/mol. The Labute approximate surface area is 117 Å². The fourth-order valence-electron chi connectivity index (χ4n) is 2.05. The van der Waals surface area contributed by atoms with Crippen LogP contribution in [0.2, 0.25) is 0 Å². The molecule has 0 aromatic carbocycles. The van der Waals surface area contributed by atoms with Crippen LogP contribution in [-0.4, -0.2) is 62.8 Å². The van der Waals surface area contributed by atoms with Crippen LogP contribution in [0.25, 0.3) is 0 Å². The van der Waals surface area contributed by atoms with E-state index in [4.69, 9.17) is 4.74 Å². The summed E-state index contributed by atoms with van der Waals surface area (Å²) < 4.78 is 5.48. The second-order valence-corrected chi connectivity index (χ2v) is 5.55. The SMILES string of the molecule is CC(C)CCOCCNC(=O)C(C)N1CCNCC1. The minimum absolute atomic E-state index is 0.0437. The van der Waals surface area contributed by atoms with Gasteiger partial charge in [0.2, 0.25) is 5.91 Å². The molecule has 1 atom stereocenters. The third-order valence-electron chi connectivity index (χ3n) is 3.46. The lowest BCUT2D eigenvalue weighted by molar-refractivity contribution is -0.126. The maximum absolute atomic E-state index is 12.0. The van der Waals surface area contributed by atoms with Crippen LogP contribution >= 0.6 is 0 Å². The smallest absolute Gasteiger partial charge is 0.237 e. The number of hydrogen-bond donors (Lipinski definition) is 2. The van der Waals surface area contributed by atoms with Gasteiger partial charge in [0.05, 0.1) is 12.6 Å². The number of hydrogen-bond acceptors (Lipinski definition) is 4. The molecule has 1 fully saturated rings. The van der Waals surface area contributed by atoms with Crippen molar-refractivity contribution in [1.29, 1.82) is 0 Å². The monoisotopic (exact) mass is 271 g/mol. The Kier molecular flexibility index (Phi) is 8.02. The van der Waals surface area contributed by atoms with Crippen LogP contribution < -0.4 is 10.6 Å². The predicted octanol–water partition coefficient (Wildman–Crippen LogP) is 0.459. The molecule has 0 aromatic heterocycles. The fourth-order valence-corrected chi connectivity index (χ4v) is 2.05. The Hall–Kier alpha value is -0.650. The fraction of sp³-hybridized carbons (Fsp3) is 0.929. The average Bonchev–Trinajstić information content (AvgIpc) is 2.42. The highest BCUT2D eigenvalue weighted by Crippen LogP contribution is 2.01. The van der Waals surface area contributed by atoms with Gasteiger partial charge >= 0.3 is 0 Å². The van der Waals surface area contributed by atoms with Crippen LogP contribution in [-0.2, 0) is 9.53 Å². The van der Waals surface area contributed by atoms with Crippen LogP contribution in [0.1, 0.15) is 27.2 Å². The standard InChI is InChI=1S/C14H29N3O2/c1-12(2)4-10-19-11-7-16-14(18)13(3)17-8-5-15-6-9-17/h12-13,15H,4-11H2,1-3H3,(H,16,18). The molecule has 1 unspecified atom stereocenters. The van der Waals surface area contributed by atoms with E-state index >= 15 is 0 Å². The Morgan fingerprint density at radius 3 is 2.58 bits per heavy atom. The van der Waals surface area contributed by atoms with E-state index in [1.54, 1.807) is 0 Å². The van der Waals surface area contributed by atoms with Gasteiger partial charge in [0.25, 0.3) is 0 Å².